The molecular formula is C26H23F2N3O4. The molecule has 0 aliphatic carbocycles. The van der Waals surface area contributed by atoms with E-state index in [2.05, 4.69) is 10.6 Å². The van der Waals surface area contributed by atoms with Crippen LogP contribution in [0.4, 0.5) is 25.0 Å². The van der Waals surface area contributed by atoms with Crippen molar-refractivity contribution in [2.45, 2.75) is 26.4 Å². The van der Waals surface area contributed by atoms with Gasteiger partial charge in [0.15, 0.2) is 0 Å². The SMILES string of the molecule is CC(C)[C@@H](C(=O)O)N1Cc2cc(-c3ccc(NC(=O)Nc4ccc(F)cc4F)cc3)ccc2C1=O. The summed E-state index contributed by atoms with van der Waals surface area (Å²) in [6, 6.07) is 13.5. The van der Waals surface area contributed by atoms with Crippen LogP contribution in [0.2, 0.25) is 0 Å². The molecule has 9 heteroatoms. The molecule has 3 aromatic carbocycles. The summed E-state index contributed by atoms with van der Waals surface area (Å²) in [6.45, 7) is 3.76. The number of rotatable bonds is 6. The number of carboxylic acid groups (broad SMARTS) is 1. The van der Waals surface area contributed by atoms with E-state index in [9.17, 15) is 28.3 Å². The Kier molecular flexibility index (Phi) is 6.50. The van der Waals surface area contributed by atoms with Crippen LogP contribution in [-0.2, 0) is 11.3 Å². The number of fused-ring (bicyclic) bond motifs is 1. The fourth-order valence-electron chi connectivity index (χ4n) is 4.15. The first-order chi connectivity index (χ1) is 16.6. The number of hydrogen-bond donors (Lipinski definition) is 3. The number of nitrogens with one attached hydrogen (secondary N) is 2. The minimum Gasteiger partial charge on any atom is -0.480 e. The third-order valence-electron chi connectivity index (χ3n) is 5.81. The minimum absolute atomic E-state index is 0.148. The second-order valence-electron chi connectivity index (χ2n) is 8.61. The molecule has 3 amide bonds. The molecule has 3 aromatic rings. The molecule has 0 saturated carbocycles. The van der Waals surface area contributed by atoms with Gasteiger partial charge in [0.05, 0.1) is 5.69 Å². The summed E-state index contributed by atoms with van der Waals surface area (Å²) in [7, 11) is 0. The van der Waals surface area contributed by atoms with Crippen molar-refractivity contribution in [1.82, 2.24) is 4.90 Å². The number of hydrogen-bond acceptors (Lipinski definition) is 3. The monoisotopic (exact) mass is 479 g/mol. The predicted molar refractivity (Wildman–Crippen MR) is 127 cm³/mol. The molecule has 0 fully saturated rings. The number of carbonyl (C=O) groups is 3. The summed E-state index contributed by atoms with van der Waals surface area (Å²) in [6.07, 6.45) is 0. The van der Waals surface area contributed by atoms with Gasteiger partial charge in [-0.3, -0.25) is 4.79 Å². The second-order valence-corrected chi connectivity index (χ2v) is 8.61. The highest BCUT2D eigenvalue weighted by Gasteiger charge is 2.38. The number of benzene rings is 3. The van der Waals surface area contributed by atoms with Crippen molar-refractivity contribution in [3.8, 4) is 11.1 Å². The van der Waals surface area contributed by atoms with E-state index in [1.807, 2.05) is 6.07 Å². The van der Waals surface area contributed by atoms with Crippen LogP contribution < -0.4 is 10.6 Å². The van der Waals surface area contributed by atoms with Crippen molar-refractivity contribution in [1.29, 1.82) is 0 Å². The van der Waals surface area contributed by atoms with Gasteiger partial charge in [-0.2, -0.15) is 0 Å². The highest BCUT2D eigenvalue weighted by molar-refractivity contribution is 6.01. The Bertz CT molecular complexity index is 1310. The standard InChI is InChI=1S/C26H23F2N3O4/c1-14(2)23(25(33)34)31-13-17-11-16(5-9-20(17)24(31)32)15-3-7-19(8-4-15)29-26(35)30-22-10-6-18(27)12-21(22)28/h3-12,14,23H,13H2,1-2H3,(H,33,34)(H2,29,30,35)/t23-/m0/s1. The average molecular weight is 479 g/mol. The van der Waals surface area contributed by atoms with Crippen LogP contribution in [-0.4, -0.2) is 34.0 Å². The predicted octanol–water partition coefficient (Wildman–Crippen LogP) is 5.34. The molecule has 3 N–H and O–H groups in total. The molecule has 7 nitrogen and oxygen atoms in total. The molecule has 1 heterocycles. The normalized spacial score (nSPS) is 13.5. The molecular weight excluding hydrogens is 456 g/mol. The molecule has 1 aliphatic rings. The van der Waals surface area contributed by atoms with Crippen LogP contribution in [0.1, 0.15) is 29.8 Å². The van der Waals surface area contributed by atoms with Gasteiger partial charge in [-0.15, -0.1) is 0 Å². The molecule has 0 spiro atoms. The summed E-state index contributed by atoms with van der Waals surface area (Å²) in [5.41, 5.74) is 3.21. The Balaban J connectivity index is 1.46. The largest absolute Gasteiger partial charge is 0.480 e. The van der Waals surface area contributed by atoms with E-state index < -0.39 is 29.7 Å². The molecule has 0 radical (unpaired) electrons. The van der Waals surface area contributed by atoms with E-state index in [4.69, 9.17) is 0 Å². The third-order valence-corrected chi connectivity index (χ3v) is 5.81. The molecule has 0 bridgehead atoms. The van der Waals surface area contributed by atoms with Crippen molar-refractivity contribution in [3.05, 3.63) is 83.4 Å². The van der Waals surface area contributed by atoms with E-state index in [0.717, 1.165) is 28.8 Å². The van der Waals surface area contributed by atoms with Crippen LogP contribution in [0, 0.1) is 17.6 Å². The van der Waals surface area contributed by atoms with Gasteiger partial charge in [-0.1, -0.05) is 32.0 Å². The van der Waals surface area contributed by atoms with Gasteiger partial charge >= 0.3 is 12.0 Å². The number of aliphatic carboxylic acids is 1. The molecule has 35 heavy (non-hydrogen) atoms. The third kappa shape index (κ3) is 4.98. The Morgan fingerprint density at radius 3 is 2.26 bits per heavy atom. The zero-order chi connectivity index (χ0) is 25.3. The fourth-order valence-corrected chi connectivity index (χ4v) is 4.15. The highest BCUT2D eigenvalue weighted by atomic mass is 19.1. The summed E-state index contributed by atoms with van der Waals surface area (Å²) in [5.74, 6) is -3.19. The van der Waals surface area contributed by atoms with E-state index in [0.29, 0.717) is 17.3 Å². The Morgan fingerprint density at radius 1 is 0.943 bits per heavy atom. The molecule has 1 atom stereocenters. The van der Waals surface area contributed by atoms with Crippen molar-refractivity contribution in [2.24, 2.45) is 5.92 Å². The Morgan fingerprint density at radius 2 is 1.63 bits per heavy atom. The zero-order valence-corrected chi connectivity index (χ0v) is 19.0. The van der Waals surface area contributed by atoms with E-state index in [1.165, 1.54) is 4.90 Å². The summed E-state index contributed by atoms with van der Waals surface area (Å²) in [4.78, 5) is 38.0. The van der Waals surface area contributed by atoms with Crippen LogP contribution in [0.25, 0.3) is 11.1 Å². The number of carbonyl (C=O) groups excluding carboxylic acids is 2. The summed E-state index contributed by atoms with van der Waals surface area (Å²) in [5, 5.41) is 14.5. The van der Waals surface area contributed by atoms with E-state index in [1.54, 1.807) is 50.2 Å². The molecule has 0 unspecified atom stereocenters. The maximum Gasteiger partial charge on any atom is 0.326 e. The van der Waals surface area contributed by atoms with Gasteiger partial charge in [0.1, 0.15) is 17.7 Å². The van der Waals surface area contributed by atoms with Gasteiger partial charge in [-0.25, -0.2) is 18.4 Å². The fraction of sp³-hybridized carbons (Fsp3) is 0.192. The quantitative estimate of drug-likeness (QED) is 0.444. The Labute approximate surface area is 200 Å². The first-order valence-electron chi connectivity index (χ1n) is 10.9. The highest BCUT2D eigenvalue weighted by Crippen LogP contribution is 2.31. The Hall–Kier alpha value is -4.27. The van der Waals surface area contributed by atoms with Crippen molar-refractivity contribution in [3.63, 3.8) is 0 Å². The molecule has 180 valence electrons. The van der Waals surface area contributed by atoms with Gasteiger partial charge < -0.3 is 20.6 Å². The van der Waals surface area contributed by atoms with Crippen molar-refractivity contribution >= 4 is 29.3 Å². The lowest BCUT2D eigenvalue weighted by atomic mass is 10.0. The summed E-state index contributed by atoms with van der Waals surface area (Å²) >= 11 is 0. The maximum atomic E-state index is 13.7. The maximum absolute atomic E-state index is 13.7. The van der Waals surface area contributed by atoms with Gasteiger partial charge in [-0.05, 0) is 59.0 Å². The van der Waals surface area contributed by atoms with E-state index >= 15 is 0 Å². The smallest absolute Gasteiger partial charge is 0.326 e. The lowest BCUT2D eigenvalue weighted by molar-refractivity contribution is -0.144. The molecule has 1 aliphatic heterocycles. The second kappa shape index (κ2) is 9.54. The van der Waals surface area contributed by atoms with Crippen LogP contribution >= 0.6 is 0 Å². The molecule has 4 rings (SSSR count). The van der Waals surface area contributed by atoms with Crippen LogP contribution in [0.5, 0.6) is 0 Å². The summed E-state index contributed by atoms with van der Waals surface area (Å²) < 4.78 is 26.7. The van der Waals surface area contributed by atoms with Crippen LogP contribution in [0.3, 0.4) is 0 Å². The number of carboxylic acids is 1. The number of urea groups is 1. The topological polar surface area (TPSA) is 98.7 Å². The zero-order valence-electron chi connectivity index (χ0n) is 19.0. The van der Waals surface area contributed by atoms with Gasteiger partial charge in [0.25, 0.3) is 5.91 Å². The lowest BCUT2D eigenvalue weighted by Crippen LogP contribution is -2.44. The van der Waals surface area contributed by atoms with Gasteiger partial charge in [0.2, 0.25) is 0 Å². The van der Waals surface area contributed by atoms with Gasteiger partial charge in [0, 0.05) is 23.9 Å². The van der Waals surface area contributed by atoms with E-state index in [-0.39, 0.29) is 24.1 Å². The first kappa shape index (κ1) is 23.9. The number of halogens is 2. The first-order valence-corrected chi connectivity index (χ1v) is 10.9. The number of nitrogens with zero attached hydrogens (tertiary/aromatic N) is 1. The molecule has 0 aromatic heterocycles. The average Bonchev–Trinajstić information content (AvgIpc) is 3.11. The molecule has 0 saturated heterocycles. The number of amides is 3. The number of anilines is 2. The van der Waals surface area contributed by atoms with Crippen LogP contribution in [0.15, 0.2) is 60.7 Å². The minimum atomic E-state index is -1.03. The van der Waals surface area contributed by atoms with Crippen molar-refractivity contribution in [2.75, 3.05) is 10.6 Å². The van der Waals surface area contributed by atoms with Crippen molar-refractivity contribution < 1.29 is 28.3 Å². The lowest BCUT2D eigenvalue weighted by Gasteiger charge is -2.27.